The van der Waals surface area contributed by atoms with Crippen LogP contribution in [-0.4, -0.2) is 0 Å². The predicted molar refractivity (Wildman–Crippen MR) is 103 cm³/mol. The van der Waals surface area contributed by atoms with Crippen molar-refractivity contribution in [2.75, 3.05) is 0 Å². The second kappa shape index (κ2) is 6.65. The van der Waals surface area contributed by atoms with Crippen molar-refractivity contribution in [2.45, 2.75) is 32.1 Å². The molecular formula is C24H24. The summed E-state index contributed by atoms with van der Waals surface area (Å²) >= 11 is 0. The van der Waals surface area contributed by atoms with Gasteiger partial charge < -0.3 is 0 Å². The monoisotopic (exact) mass is 312 g/mol. The molecule has 0 amide bonds. The van der Waals surface area contributed by atoms with Crippen LogP contribution in [0.5, 0.6) is 0 Å². The van der Waals surface area contributed by atoms with Gasteiger partial charge in [-0.3, -0.25) is 0 Å². The van der Waals surface area contributed by atoms with Gasteiger partial charge in [0.15, 0.2) is 0 Å². The third kappa shape index (κ3) is 2.78. The second-order valence-corrected chi connectivity index (χ2v) is 6.93. The summed E-state index contributed by atoms with van der Waals surface area (Å²) in [4.78, 5) is 0. The van der Waals surface area contributed by atoms with E-state index in [-0.39, 0.29) is 0 Å². The van der Waals surface area contributed by atoms with Crippen molar-refractivity contribution in [3.8, 4) is 11.1 Å². The predicted octanol–water partition coefficient (Wildman–Crippen LogP) is 6.66. The topological polar surface area (TPSA) is 0 Å². The van der Waals surface area contributed by atoms with Gasteiger partial charge in [0.05, 0.1) is 0 Å². The van der Waals surface area contributed by atoms with Gasteiger partial charge in [-0.1, -0.05) is 91.4 Å². The molecule has 0 heterocycles. The molecule has 0 nitrogen and oxygen atoms in total. The third-order valence-corrected chi connectivity index (χ3v) is 5.41. The lowest BCUT2D eigenvalue weighted by Crippen LogP contribution is -1.97. The molecule has 0 fully saturated rings. The molecule has 0 radical (unpaired) electrons. The molecule has 1 atom stereocenters. The van der Waals surface area contributed by atoms with E-state index in [1.54, 1.807) is 5.57 Å². The maximum absolute atomic E-state index is 2.42. The molecule has 24 heavy (non-hydrogen) atoms. The number of rotatable bonds is 5. The van der Waals surface area contributed by atoms with E-state index in [9.17, 15) is 0 Å². The molecule has 0 saturated carbocycles. The summed E-state index contributed by atoms with van der Waals surface area (Å²) in [5.41, 5.74) is 7.29. The Morgan fingerprint density at radius 3 is 2.29 bits per heavy atom. The minimum atomic E-state index is 0.417. The molecule has 0 spiro atoms. The molecule has 120 valence electrons. The van der Waals surface area contributed by atoms with Crippen LogP contribution in [0.3, 0.4) is 0 Å². The molecule has 0 heteroatoms. The zero-order valence-electron chi connectivity index (χ0n) is 14.3. The van der Waals surface area contributed by atoms with Crippen molar-refractivity contribution in [3.05, 3.63) is 95.6 Å². The van der Waals surface area contributed by atoms with Crippen LogP contribution in [0.15, 0.2) is 84.5 Å². The van der Waals surface area contributed by atoms with Gasteiger partial charge in [-0.05, 0) is 47.4 Å². The number of hydrogen-bond donors (Lipinski definition) is 0. The number of benzene rings is 2. The van der Waals surface area contributed by atoms with Gasteiger partial charge in [0.25, 0.3) is 0 Å². The molecule has 2 aromatic carbocycles. The Bertz CT molecular complexity index is 774. The van der Waals surface area contributed by atoms with Crippen LogP contribution in [0.1, 0.15) is 43.2 Å². The van der Waals surface area contributed by atoms with Crippen LogP contribution in [0, 0.1) is 5.92 Å². The summed E-state index contributed by atoms with van der Waals surface area (Å²) < 4.78 is 0. The Kier molecular flexibility index (Phi) is 4.21. The van der Waals surface area contributed by atoms with Gasteiger partial charge in [0.2, 0.25) is 0 Å². The minimum Gasteiger partial charge on any atom is -0.0876 e. The fourth-order valence-corrected chi connectivity index (χ4v) is 4.00. The number of fused-ring (bicyclic) bond motifs is 3. The molecule has 0 bridgehead atoms. The van der Waals surface area contributed by atoms with E-state index in [2.05, 4.69) is 85.8 Å². The molecular weight excluding hydrogens is 288 g/mol. The average molecular weight is 312 g/mol. The zero-order valence-corrected chi connectivity index (χ0v) is 14.3. The maximum Gasteiger partial charge on any atom is 0.0281 e. The first-order valence-electron chi connectivity index (χ1n) is 9.05. The van der Waals surface area contributed by atoms with Gasteiger partial charge in [0.1, 0.15) is 0 Å². The van der Waals surface area contributed by atoms with E-state index in [0.29, 0.717) is 11.8 Å². The minimum absolute atomic E-state index is 0.417. The number of hydrogen-bond acceptors (Lipinski definition) is 0. The van der Waals surface area contributed by atoms with Crippen LogP contribution < -0.4 is 0 Å². The van der Waals surface area contributed by atoms with Crippen molar-refractivity contribution in [1.82, 2.24) is 0 Å². The highest BCUT2D eigenvalue weighted by Crippen LogP contribution is 2.45. The van der Waals surface area contributed by atoms with Crippen molar-refractivity contribution in [1.29, 1.82) is 0 Å². The average Bonchev–Trinajstić information content (AvgIpc) is 3.26. The fourth-order valence-electron chi connectivity index (χ4n) is 4.00. The fraction of sp³-hybridized carbons (Fsp3) is 0.250. The van der Waals surface area contributed by atoms with Crippen LogP contribution in [0.4, 0.5) is 0 Å². The first-order valence-corrected chi connectivity index (χ1v) is 9.05. The van der Waals surface area contributed by atoms with Crippen molar-refractivity contribution in [3.63, 3.8) is 0 Å². The van der Waals surface area contributed by atoms with E-state index in [4.69, 9.17) is 0 Å². The Labute approximate surface area is 145 Å². The van der Waals surface area contributed by atoms with Gasteiger partial charge in [-0.25, -0.2) is 0 Å². The lowest BCUT2D eigenvalue weighted by molar-refractivity contribution is 0.612. The van der Waals surface area contributed by atoms with E-state index in [1.807, 2.05) is 0 Å². The molecule has 0 N–H and O–H groups in total. The molecule has 2 aliphatic rings. The molecule has 0 aromatic heterocycles. The normalized spacial score (nSPS) is 17.1. The first-order chi connectivity index (χ1) is 11.8. The van der Waals surface area contributed by atoms with E-state index in [1.165, 1.54) is 28.7 Å². The molecule has 4 rings (SSSR count). The quantitative estimate of drug-likeness (QED) is 0.542. The van der Waals surface area contributed by atoms with Gasteiger partial charge in [-0.15, -0.1) is 0 Å². The van der Waals surface area contributed by atoms with Gasteiger partial charge >= 0.3 is 0 Å². The van der Waals surface area contributed by atoms with Crippen molar-refractivity contribution in [2.24, 2.45) is 5.92 Å². The molecule has 0 aliphatic heterocycles. The Morgan fingerprint density at radius 2 is 1.67 bits per heavy atom. The third-order valence-electron chi connectivity index (χ3n) is 5.41. The largest absolute Gasteiger partial charge is 0.0876 e. The van der Waals surface area contributed by atoms with E-state index in [0.717, 1.165) is 12.8 Å². The highest BCUT2D eigenvalue weighted by Gasteiger charge is 2.25. The Hall–Kier alpha value is -2.34. The van der Waals surface area contributed by atoms with Crippen LogP contribution in [0.25, 0.3) is 11.1 Å². The lowest BCUT2D eigenvalue weighted by atomic mass is 9.93. The standard InChI is InChI=1S/C24H24/c1-18(19-11-3-4-12-19)10-2-5-13-20-21-14-6-8-16-23(21)24-17-9-7-15-22(20)24/h3-9,11,13-18,20H,2,10,12H2,1H3/t18-/m0/s1. The molecule has 0 saturated heterocycles. The first kappa shape index (κ1) is 15.2. The summed E-state index contributed by atoms with van der Waals surface area (Å²) in [6.45, 7) is 2.35. The van der Waals surface area contributed by atoms with Crippen molar-refractivity contribution < 1.29 is 0 Å². The maximum atomic E-state index is 2.42. The SMILES string of the molecule is C[C@@H](CCC=CC1c2ccccc2-c2ccccc21)C1=CC=CC1. The summed E-state index contributed by atoms with van der Waals surface area (Å²) in [7, 11) is 0. The number of allylic oxidation sites excluding steroid dienone is 6. The molecule has 2 aromatic rings. The summed E-state index contributed by atoms with van der Waals surface area (Å²) in [5.74, 6) is 1.10. The van der Waals surface area contributed by atoms with Crippen LogP contribution >= 0.6 is 0 Å². The second-order valence-electron chi connectivity index (χ2n) is 6.93. The van der Waals surface area contributed by atoms with E-state index >= 15 is 0 Å². The summed E-state index contributed by atoms with van der Waals surface area (Å²) in [6, 6.07) is 17.7. The van der Waals surface area contributed by atoms with Crippen LogP contribution in [-0.2, 0) is 0 Å². The van der Waals surface area contributed by atoms with Crippen LogP contribution in [0.2, 0.25) is 0 Å². The Morgan fingerprint density at radius 1 is 1.00 bits per heavy atom. The smallest absolute Gasteiger partial charge is 0.0281 e. The zero-order chi connectivity index (χ0) is 16.4. The summed E-state index contributed by atoms with van der Waals surface area (Å²) in [5, 5.41) is 0. The lowest BCUT2D eigenvalue weighted by Gasteiger charge is -2.12. The highest BCUT2D eigenvalue weighted by molar-refractivity contribution is 5.79. The Balaban J connectivity index is 1.48. The highest BCUT2D eigenvalue weighted by atomic mass is 14.3. The van der Waals surface area contributed by atoms with Gasteiger partial charge in [0, 0.05) is 5.92 Å². The molecule has 2 aliphatic carbocycles. The summed E-state index contributed by atoms with van der Waals surface area (Å²) in [6.07, 6.45) is 15.1. The molecule has 0 unspecified atom stereocenters. The van der Waals surface area contributed by atoms with Gasteiger partial charge in [-0.2, -0.15) is 0 Å². The van der Waals surface area contributed by atoms with Crippen molar-refractivity contribution >= 4 is 0 Å². The van der Waals surface area contributed by atoms with E-state index < -0.39 is 0 Å².